The van der Waals surface area contributed by atoms with Gasteiger partial charge in [-0.15, -0.1) is 0 Å². The number of aromatic hydroxyl groups is 1. The Labute approximate surface area is 120 Å². The van der Waals surface area contributed by atoms with E-state index in [0.29, 0.717) is 13.1 Å². The van der Waals surface area contributed by atoms with Gasteiger partial charge in [-0.05, 0) is 42.9 Å². The van der Waals surface area contributed by atoms with E-state index in [0.717, 1.165) is 19.3 Å². The monoisotopic (exact) mass is 298 g/mol. The second-order valence-corrected chi connectivity index (χ2v) is 7.45. The summed E-state index contributed by atoms with van der Waals surface area (Å²) in [6.07, 6.45) is 2.85. The number of sulfonamides is 1. The quantitative estimate of drug-likeness (QED) is 0.659. The van der Waals surface area contributed by atoms with Gasteiger partial charge >= 0.3 is 0 Å². The minimum Gasteiger partial charge on any atom is -0.506 e. The van der Waals surface area contributed by atoms with Crippen LogP contribution in [0.2, 0.25) is 0 Å². The fourth-order valence-electron chi connectivity index (χ4n) is 2.77. The van der Waals surface area contributed by atoms with E-state index < -0.39 is 10.0 Å². The number of nitrogens with two attached hydrogens (primary N) is 1. The molecule has 0 aromatic heterocycles. The fraction of sp³-hybridized carbons (Fsp3) is 0.571. The van der Waals surface area contributed by atoms with Crippen molar-refractivity contribution in [1.82, 2.24) is 4.31 Å². The van der Waals surface area contributed by atoms with Gasteiger partial charge in [-0.1, -0.05) is 13.8 Å². The van der Waals surface area contributed by atoms with Crippen LogP contribution in [0.4, 0.5) is 5.69 Å². The Morgan fingerprint density at radius 2 is 2.00 bits per heavy atom. The molecule has 6 heteroatoms. The summed E-state index contributed by atoms with van der Waals surface area (Å²) in [5, 5.41) is 9.40. The maximum absolute atomic E-state index is 12.6. The van der Waals surface area contributed by atoms with E-state index in [-0.39, 0.29) is 21.7 Å². The van der Waals surface area contributed by atoms with Gasteiger partial charge in [-0.2, -0.15) is 4.31 Å². The van der Waals surface area contributed by atoms with Gasteiger partial charge in [0, 0.05) is 13.1 Å². The summed E-state index contributed by atoms with van der Waals surface area (Å²) >= 11 is 0. The number of phenols is 1. The molecule has 1 fully saturated rings. The number of hydrogen-bond acceptors (Lipinski definition) is 4. The van der Waals surface area contributed by atoms with E-state index in [2.05, 4.69) is 13.8 Å². The molecular formula is C14H22N2O3S. The minimum absolute atomic E-state index is 0.0857. The van der Waals surface area contributed by atoms with Crippen LogP contribution in [0.15, 0.2) is 23.1 Å². The summed E-state index contributed by atoms with van der Waals surface area (Å²) in [4.78, 5) is 0.149. The summed E-state index contributed by atoms with van der Waals surface area (Å²) in [6.45, 7) is 5.32. The topological polar surface area (TPSA) is 83.6 Å². The number of anilines is 1. The predicted octanol–water partition coefficient (Wildman–Crippen LogP) is 2.18. The average molecular weight is 298 g/mol. The molecule has 1 saturated heterocycles. The summed E-state index contributed by atoms with van der Waals surface area (Å²) in [5.74, 6) is -0.0955. The normalized spacial score (nSPS) is 19.3. The van der Waals surface area contributed by atoms with Crippen LogP contribution < -0.4 is 5.73 Å². The first kappa shape index (κ1) is 15.1. The summed E-state index contributed by atoms with van der Waals surface area (Å²) in [5.41, 5.74) is 5.77. The van der Waals surface area contributed by atoms with Gasteiger partial charge in [0.15, 0.2) is 0 Å². The van der Waals surface area contributed by atoms with Gasteiger partial charge in [0.2, 0.25) is 10.0 Å². The van der Waals surface area contributed by atoms with Gasteiger partial charge in [0.1, 0.15) is 5.75 Å². The lowest BCUT2D eigenvalue weighted by atomic mass is 9.82. The van der Waals surface area contributed by atoms with Crippen molar-refractivity contribution in [3.8, 4) is 5.75 Å². The summed E-state index contributed by atoms with van der Waals surface area (Å²) < 4.78 is 26.7. The third kappa shape index (κ3) is 2.50. The van der Waals surface area contributed by atoms with Crippen LogP contribution >= 0.6 is 0 Å². The average Bonchev–Trinajstić information content (AvgIpc) is 2.87. The second-order valence-electron chi connectivity index (χ2n) is 5.52. The maximum atomic E-state index is 12.6. The fourth-order valence-corrected chi connectivity index (χ4v) is 4.36. The molecule has 0 unspecified atom stereocenters. The Morgan fingerprint density at radius 3 is 2.50 bits per heavy atom. The second kappa shape index (κ2) is 5.26. The Kier molecular flexibility index (Phi) is 3.97. The van der Waals surface area contributed by atoms with Crippen molar-refractivity contribution in [2.75, 3.05) is 18.8 Å². The molecule has 0 bridgehead atoms. The molecule has 0 amide bonds. The number of benzene rings is 1. The van der Waals surface area contributed by atoms with E-state index in [9.17, 15) is 13.5 Å². The smallest absolute Gasteiger partial charge is 0.243 e. The molecule has 2 rings (SSSR count). The Balaban J connectivity index is 2.30. The zero-order valence-electron chi connectivity index (χ0n) is 12.0. The molecule has 1 heterocycles. The Hall–Kier alpha value is -1.27. The minimum atomic E-state index is -3.53. The standard InChI is InChI=1S/C14H22N2O3S/c1-3-14(4-2)7-8-16(10-14)20(18,19)11-5-6-13(17)12(15)9-11/h5-6,9,17H,3-4,7-8,10,15H2,1-2H3. The van der Waals surface area contributed by atoms with Crippen LogP contribution in [0.3, 0.4) is 0 Å². The highest BCUT2D eigenvalue weighted by atomic mass is 32.2. The highest BCUT2D eigenvalue weighted by Crippen LogP contribution is 2.39. The van der Waals surface area contributed by atoms with Crippen molar-refractivity contribution >= 4 is 15.7 Å². The van der Waals surface area contributed by atoms with E-state index >= 15 is 0 Å². The molecule has 0 saturated carbocycles. The van der Waals surface area contributed by atoms with E-state index in [1.165, 1.54) is 22.5 Å². The zero-order valence-corrected chi connectivity index (χ0v) is 12.8. The molecule has 1 aromatic carbocycles. The lowest BCUT2D eigenvalue weighted by molar-refractivity contribution is 0.279. The van der Waals surface area contributed by atoms with Gasteiger partial charge in [0.05, 0.1) is 10.6 Å². The van der Waals surface area contributed by atoms with E-state index in [1.807, 2.05) is 0 Å². The number of hydrogen-bond donors (Lipinski definition) is 2. The number of nitrogen functional groups attached to an aromatic ring is 1. The van der Waals surface area contributed by atoms with Crippen LogP contribution in [0, 0.1) is 5.41 Å². The number of rotatable bonds is 4. The lowest BCUT2D eigenvalue weighted by Gasteiger charge is -2.26. The molecule has 5 nitrogen and oxygen atoms in total. The van der Waals surface area contributed by atoms with Crippen molar-refractivity contribution in [2.24, 2.45) is 5.41 Å². The molecule has 0 radical (unpaired) electrons. The van der Waals surface area contributed by atoms with Crippen molar-refractivity contribution in [3.63, 3.8) is 0 Å². The molecule has 0 spiro atoms. The van der Waals surface area contributed by atoms with Crippen LogP contribution in [0.1, 0.15) is 33.1 Å². The van der Waals surface area contributed by atoms with Crippen molar-refractivity contribution < 1.29 is 13.5 Å². The highest BCUT2D eigenvalue weighted by Gasteiger charge is 2.40. The predicted molar refractivity (Wildman–Crippen MR) is 78.9 cm³/mol. The molecular weight excluding hydrogens is 276 g/mol. The van der Waals surface area contributed by atoms with Crippen LogP contribution in [0.5, 0.6) is 5.75 Å². The SMILES string of the molecule is CCC1(CC)CCN(S(=O)(=O)c2ccc(O)c(N)c2)C1. The van der Waals surface area contributed by atoms with Crippen molar-refractivity contribution in [2.45, 2.75) is 38.0 Å². The van der Waals surface area contributed by atoms with E-state index in [1.54, 1.807) is 0 Å². The summed E-state index contributed by atoms with van der Waals surface area (Å²) in [7, 11) is -3.53. The molecule has 0 atom stereocenters. The van der Waals surface area contributed by atoms with Gasteiger partial charge in [0.25, 0.3) is 0 Å². The third-order valence-corrected chi connectivity index (χ3v) is 6.38. The molecule has 1 aromatic rings. The summed E-state index contributed by atoms with van der Waals surface area (Å²) in [6, 6.07) is 4.05. The van der Waals surface area contributed by atoms with Gasteiger partial charge in [-0.3, -0.25) is 0 Å². The highest BCUT2D eigenvalue weighted by molar-refractivity contribution is 7.89. The first-order chi connectivity index (χ1) is 9.34. The first-order valence-corrected chi connectivity index (χ1v) is 8.37. The van der Waals surface area contributed by atoms with E-state index in [4.69, 9.17) is 5.73 Å². The van der Waals surface area contributed by atoms with Crippen LogP contribution in [0.25, 0.3) is 0 Å². The van der Waals surface area contributed by atoms with Crippen molar-refractivity contribution in [3.05, 3.63) is 18.2 Å². The molecule has 1 aliphatic heterocycles. The largest absolute Gasteiger partial charge is 0.506 e. The molecule has 20 heavy (non-hydrogen) atoms. The zero-order chi connectivity index (χ0) is 15.0. The molecule has 3 N–H and O–H groups in total. The Morgan fingerprint density at radius 1 is 1.35 bits per heavy atom. The third-order valence-electron chi connectivity index (χ3n) is 4.54. The van der Waals surface area contributed by atoms with Crippen LogP contribution in [-0.2, 0) is 10.0 Å². The van der Waals surface area contributed by atoms with Crippen molar-refractivity contribution in [1.29, 1.82) is 0 Å². The molecule has 112 valence electrons. The maximum Gasteiger partial charge on any atom is 0.243 e. The van der Waals surface area contributed by atoms with Gasteiger partial charge in [-0.25, -0.2) is 8.42 Å². The first-order valence-electron chi connectivity index (χ1n) is 6.93. The van der Waals surface area contributed by atoms with Crippen LogP contribution in [-0.4, -0.2) is 30.9 Å². The number of nitrogens with zero attached hydrogens (tertiary/aromatic N) is 1. The molecule has 1 aliphatic rings. The molecule has 0 aliphatic carbocycles. The van der Waals surface area contributed by atoms with Gasteiger partial charge < -0.3 is 10.8 Å². The number of phenolic OH excluding ortho intramolecular Hbond substituents is 1. The lowest BCUT2D eigenvalue weighted by Crippen LogP contribution is -2.31. The Bertz CT molecular complexity index is 594.